The Hall–Kier alpha value is -3.29. The second-order valence-electron chi connectivity index (χ2n) is 7.09. The van der Waals surface area contributed by atoms with Crippen LogP contribution < -0.4 is 14.8 Å². The predicted molar refractivity (Wildman–Crippen MR) is 112 cm³/mol. The normalized spacial score (nSPS) is 10.6. The van der Waals surface area contributed by atoms with Gasteiger partial charge in [0, 0.05) is 23.4 Å². The highest BCUT2D eigenvalue weighted by molar-refractivity contribution is 6.44. The molecule has 0 saturated carbocycles. The lowest BCUT2D eigenvalue weighted by molar-refractivity contribution is -0.117. The molecule has 0 unspecified atom stereocenters. The van der Waals surface area contributed by atoms with E-state index in [1.807, 2.05) is 13.8 Å². The molecule has 162 valence electrons. The number of methoxy groups -OCH3 is 2. The summed E-state index contributed by atoms with van der Waals surface area (Å²) in [6.45, 7) is 7.70. The molecule has 30 heavy (non-hydrogen) atoms. The molecule has 0 aliphatic carbocycles. The van der Waals surface area contributed by atoms with Gasteiger partial charge in [0.2, 0.25) is 0 Å². The highest BCUT2D eigenvalue weighted by atomic mass is 16.5. The number of hydrogen-bond donors (Lipinski definition) is 2. The van der Waals surface area contributed by atoms with Gasteiger partial charge in [-0.3, -0.25) is 9.59 Å². The number of carbonyl (C=O) groups is 3. The Morgan fingerprint density at radius 3 is 2.40 bits per heavy atom. The molecule has 1 aromatic carbocycles. The summed E-state index contributed by atoms with van der Waals surface area (Å²) in [5, 5.41) is 2.61. The van der Waals surface area contributed by atoms with Crippen LogP contribution in [0.5, 0.6) is 11.5 Å². The molecular weight excluding hydrogens is 388 g/mol. The molecule has 0 saturated heterocycles. The number of aryl methyl sites for hydroxylation is 1. The van der Waals surface area contributed by atoms with Crippen LogP contribution >= 0.6 is 0 Å². The van der Waals surface area contributed by atoms with Crippen LogP contribution in [0.1, 0.15) is 47.3 Å². The summed E-state index contributed by atoms with van der Waals surface area (Å²) in [5.74, 6) is -1.05. The fourth-order valence-electron chi connectivity index (χ4n) is 3.02. The predicted octanol–water partition coefficient (Wildman–Crippen LogP) is 3.14. The van der Waals surface area contributed by atoms with Gasteiger partial charge in [-0.2, -0.15) is 0 Å². The highest BCUT2D eigenvalue weighted by Crippen LogP contribution is 2.39. The molecule has 0 atom stereocenters. The van der Waals surface area contributed by atoms with Crippen molar-refractivity contribution >= 4 is 17.7 Å². The molecule has 8 heteroatoms. The maximum atomic E-state index is 13.0. The minimum absolute atomic E-state index is 0.0108. The van der Waals surface area contributed by atoms with Crippen molar-refractivity contribution in [3.8, 4) is 22.6 Å². The zero-order valence-electron chi connectivity index (χ0n) is 18.2. The van der Waals surface area contributed by atoms with Crippen molar-refractivity contribution in [3.63, 3.8) is 0 Å². The van der Waals surface area contributed by atoms with Crippen LogP contribution in [0.4, 0.5) is 0 Å². The van der Waals surface area contributed by atoms with Gasteiger partial charge in [-0.05, 0) is 38.0 Å². The van der Waals surface area contributed by atoms with E-state index in [1.54, 1.807) is 32.0 Å². The quantitative estimate of drug-likeness (QED) is 0.369. The zero-order valence-corrected chi connectivity index (χ0v) is 18.2. The first-order chi connectivity index (χ1) is 14.2. The average molecular weight is 416 g/mol. The Kier molecular flexibility index (Phi) is 7.63. The van der Waals surface area contributed by atoms with Crippen LogP contribution in [0.2, 0.25) is 0 Å². The second-order valence-corrected chi connectivity index (χ2v) is 7.09. The van der Waals surface area contributed by atoms with Gasteiger partial charge in [-0.15, -0.1) is 0 Å². The number of H-pyrrole nitrogens is 1. The van der Waals surface area contributed by atoms with Crippen molar-refractivity contribution in [1.82, 2.24) is 10.3 Å². The SMILES string of the molecule is CCOC(=O)c1c(C)[nH]c(C(=O)C(=O)NCC(C)C)c1-c1cc(OC)ccc1OC. The van der Waals surface area contributed by atoms with Crippen LogP contribution in [0.3, 0.4) is 0 Å². The Bertz CT molecular complexity index is 945. The molecular formula is C22H28N2O6. The molecule has 0 spiro atoms. The van der Waals surface area contributed by atoms with Crippen molar-refractivity contribution in [1.29, 1.82) is 0 Å². The Balaban J connectivity index is 2.71. The first-order valence-electron chi connectivity index (χ1n) is 9.69. The number of ketones is 1. The first kappa shape index (κ1) is 23.0. The van der Waals surface area contributed by atoms with Crippen LogP contribution in [0.15, 0.2) is 18.2 Å². The molecule has 8 nitrogen and oxygen atoms in total. The fraction of sp³-hybridized carbons (Fsp3) is 0.409. The van der Waals surface area contributed by atoms with Crippen molar-refractivity contribution < 1.29 is 28.6 Å². The summed E-state index contributed by atoms with van der Waals surface area (Å²) < 4.78 is 15.9. The summed E-state index contributed by atoms with van der Waals surface area (Å²) in [6.07, 6.45) is 0. The molecule has 2 rings (SSSR count). The van der Waals surface area contributed by atoms with Gasteiger partial charge >= 0.3 is 5.97 Å². The van der Waals surface area contributed by atoms with E-state index in [2.05, 4.69) is 10.3 Å². The van der Waals surface area contributed by atoms with Crippen LogP contribution in [-0.4, -0.2) is 50.0 Å². The number of rotatable bonds is 9. The van der Waals surface area contributed by atoms with E-state index in [0.717, 1.165) is 0 Å². The van der Waals surface area contributed by atoms with Gasteiger partial charge in [0.1, 0.15) is 17.2 Å². The smallest absolute Gasteiger partial charge is 0.340 e. The number of ether oxygens (including phenoxy) is 3. The number of esters is 1. The number of aromatic amines is 1. The monoisotopic (exact) mass is 416 g/mol. The van der Waals surface area contributed by atoms with Crippen molar-refractivity contribution in [2.24, 2.45) is 5.92 Å². The Morgan fingerprint density at radius 2 is 1.83 bits per heavy atom. The Morgan fingerprint density at radius 1 is 1.13 bits per heavy atom. The summed E-state index contributed by atoms with van der Waals surface area (Å²) in [4.78, 5) is 41.1. The van der Waals surface area contributed by atoms with Crippen molar-refractivity contribution in [2.45, 2.75) is 27.7 Å². The molecule has 2 N–H and O–H groups in total. The Labute approximate surface area is 175 Å². The molecule has 0 bridgehead atoms. The van der Waals surface area contributed by atoms with E-state index >= 15 is 0 Å². The minimum Gasteiger partial charge on any atom is -0.497 e. The van der Waals surface area contributed by atoms with Gasteiger partial charge in [-0.25, -0.2) is 4.79 Å². The first-order valence-corrected chi connectivity index (χ1v) is 9.69. The average Bonchev–Trinajstić information content (AvgIpc) is 3.07. The van der Waals surface area contributed by atoms with Crippen molar-refractivity contribution in [3.05, 3.63) is 35.2 Å². The molecule has 0 fully saturated rings. The van der Waals surface area contributed by atoms with Gasteiger partial charge < -0.3 is 24.5 Å². The van der Waals surface area contributed by atoms with E-state index in [1.165, 1.54) is 14.2 Å². The summed E-state index contributed by atoms with van der Waals surface area (Å²) in [5.41, 5.74) is 1.25. The van der Waals surface area contributed by atoms with Gasteiger partial charge in [-0.1, -0.05) is 13.8 Å². The number of benzene rings is 1. The van der Waals surface area contributed by atoms with Gasteiger partial charge in [0.15, 0.2) is 0 Å². The largest absolute Gasteiger partial charge is 0.497 e. The van der Waals surface area contributed by atoms with Crippen LogP contribution in [-0.2, 0) is 9.53 Å². The molecule has 1 aromatic heterocycles. The topological polar surface area (TPSA) is 107 Å². The molecule has 0 aliphatic heterocycles. The zero-order chi connectivity index (χ0) is 22.4. The van der Waals surface area contributed by atoms with E-state index < -0.39 is 17.7 Å². The number of aromatic nitrogens is 1. The summed E-state index contributed by atoms with van der Waals surface area (Å²) in [7, 11) is 2.98. The fourth-order valence-corrected chi connectivity index (χ4v) is 3.02. The maximum Gasteiger partial charge on any atom is 0.340 e. The lowest BCUT2D eigenvalue weighted by Crippen LogP contribution is -2.34. The third-order valence-corrected chi connectivity index (χ3v) is 4.45. The molecule has 0 aliphatic rings. The highest BCUT2D eigenvalue weighted by Gasteiger charge is 2.31. The van der Waals surface area contributed by atoms with E-state index in [4.69, 9.17) is 14.2 Å². The third-order valence-electron chi connectivity index (χ3n) is 4.45. The number of nitrogens with one attached hydrogen (secondary N) is 2. The van der Waals surface area contributed by atoms with E-state index in [0.29, 0.717) is 29.3 Å². The number of hydrogen-bond acceptors (Lipinski definition) is 6. The lowest BCUT2D eigenvalue weighted by atomic mass is 9.97. The minimum atomic E-state index is -0.783. The number of carbonyl (C=O) groups excluding carboxylic acids is 3. The van der Waals surface area contributed by atoms with Crippen LogP contribution in [0.25, 0.3) is 11.1 Å². The number of amides is 1. The van der Waals surface area contributed by atoms with Crippen molar-refractivity contribution in [2.75, 3.05) is 27.4 Å². The van der Waals surface area contributed by atoms with Gasteiger partial charge in [0.05, 0.1) is 26.4 Å². The molecule has 1 amide bonds. The second kappa shape index (κ2) is 9.96. The van der Waals surface area contributed by atoms with E-state index in [-0.39, 0.29) is 29.3 Å². The standard InChI is InChI=1S/C22H28N2O6/c1-7-30-22(27)17-13(4)24-19(20(25)21(26)23-11-12(2)3)18(17)15-10-14(28-5)8-9-16(15)29-6/h8-10,12,24H,7,11H2,1-6H3,(H,23,26). The molecule has 0 radical (unpaired) electrons. The summed E-state index contributed by atoms with van der Waals surface area (Å²) in [6, 6.07) is 5.01. The van der Waals surface area contributed by atoms with Crippen LogP contribution in [0, 0.1) is 12.8 Å². The summed E-state index contributed by atoms with van der Waals surface area (Å²) >= 11 is 0. The maximum absolute atomic E-state index is 13.0. The number of Topliss-reactive ketones (excluding diaryl/α,β-unsaturated/α-hetero) is 1. The lowest BCUT2D eigenvalue weighted by Gasteiger charge is -2.13. The molecule has 1 heterocycles. The van der Waals surface area contributed by atoms with E-state index in [9.17, 15) is 14.4 Å². The molecule has 2 aromatic rings. The van der Waals surface area contributed by atoms with Gasteiger partial charge in [0.25, 0.3) is 11.7 Å². The third kappa shape index (κ3) is 4.82.